The van der Waals surface area contributed by atoms with Gasteiger partial charge in [0.15, 0.2) is 5.13 Å². The van der Waals surface area contributed by atoms with Gasteiger partial charge in [-0.05, 0) is 92.6 Å². The molecule has 3 aromatic carbocycles. The second kappa shape index (κ2) is 19.4. The molecule has 8 heterocycles. The molecule has 4 N–H and O–H groups in total. The van der Waals surface area contributed by atoms with Crippen molar-refractivity contribution < 1.29 is 37.4 Å². The molecule has 0 radical (unpaired) electrons. The van der Waals surface area contributed by atoms with Crippen LogP contribution in [0.5, 0.6) is 0 Å². The second-order valence-corrected chi connectivity index (χ2v) is 21.2. The normalized spacial score (nSPS) is 22.9. The molecule has 3 unspecified atom stereocenters. The van der Waals surface area contributed by atoms with Crippen molar-refractivity contribution in [2.45, 2.75) is 80.1 Å². The molecule has 5 aromatic rings. The zero-order valence-electron chi connectivity index (χ0n) is 37.8. The van der Waals surface area contributed by atoms with Gasteiger partial charge in [0.2, 0.25) is 11.8 Å². The molecular weight excluding hydrogens is 952 g/mol. The van der Waals surface area contributed by atoms with Gasteiger partial charge in [0.25, 0.3) is 5.91 Å². The van der Waals surface area contributed by atoms with Crippen LogP contribution in [0.3, 0.4) is 0 Å². The third-order valence-corrected chi connectivity index (χ3v) is 16.9. The number of nitrogens with zero attached hydrogens (tertiary/aromatic N) is 6. The predicted octanol–water partition coefficient (Wildman–Crippen LogP) is 5.46. The number of aromatic nitrogens is 3. The summed E-state index contributed by atoms with van der Waals surface area (Å²) in [6.07, 6.45) is 4.17. The topological polar surface area (TPSA) is 186 Å². The van der Waals surface area contributed by atoms with Gasteiger partial charge >= 0.3 is 5.69 Å². The second-order valence-electron chi connectivity index (χ2n) is 18.7. The van der Waals surface area contributed by atoms with Crippen LogP contribution in [0.2, 0.25) is 5.02 Å². The van der Waals surface area contributed by atoms with Crippen molar-refractivity contribution in [3.63, 3.8) is 0 Å². The number of rotatable bonds is 15. The van der Waals surface area contributed by atoms with E-state index in [1.807, 2.05) is 6.07 Å². The van der Waals surface area contributed by atoms with Crippen molar-refractivity contribution in [1.29, 1.82) is 0 Å². The number of carbonyl (C=O) groups is 3. The average Bonchev–Trinajstić information content (AvgIpc) is 4.01. The third kappa shape index (κ3) is 9.00. The van der Waals surface area contributed by atoms with Gasteiger partial charge in [-0.1, -0.05) is 22.9 Å². The monoisotopic (exact) mass is 1000 g/mol. The van der Waals surface area contributed by atoms with E-state index in [1.54, 1.807) is 22.4 Å². The number of piperidine rings is 2. The number of nitrogen functional groups attached to an aromatic ring is 1. The lowest BCUT2D eigenvalue weighted by molar-refractivity contribution is -0.136. The maximum Gasteiger partial charge on any atom is 0.350 e. The zero-order chi connectivity index (χ0) is 47.5. The largest absolute Gasteiger partial charge is 0.378 e. The average molecular weight is 1000 g/mol. The lowest BCUT2D eigenvalue weighted by atomic mass is 9.85. The van der Waals surface area contributed by atoms with Crippen LogP contribution in [0.25, 0.3) is 32.2 Å². The molecule has 6 aliphatic rings. The van der Waals surface area contributed by atoms with Gasteiger partial charge in [0.1, 0.15) is 23.5 Å². The Kier molecular flexibility index (Phi) is 13.1. The van der Waals surface area contributed by atoms with E-state index in [4.69, 9.17) is 36.5 Å². The van der Waals surface area contributed by atoms with Crippen LogP contribution in [0.4, 0.5) is 19.7 Å². The lowest BCUT2D eigenvalue weighted by Gasteiger charge is -2.36. The molecule has 6 aliphatic heterocycles. The highest BCUT2D eigenvalue weighted by molar-refractivity contribution is 7.99. The van der Waals surface area contributed by atoms with Gasteiger partial charge in [0.05, 0.1) is 66.4 Å². The Balaban J connectivity index is 0.669. The van der Waals surface area contributed by atoms with Crippen molar-refractivity contribution in [2.24, 2.45) is 0 Å². The van der Waals surface area contributed by atoms with E-state index >= 15 is 0 Å². The summed E-state index contributed by atoms with van der Waals surface area (Å²) in [5.74, 6) is -0.851. The van der Waals surface area contributed by atoms with Gasteiger partial charge in [-0.25, -0.2) is 18.6 Å². The minimum Gasteiger partial charge on any atom is -0.378 e. The molecule has 21 heteroatoms. The number of benzene rings is 3. The number of likely N-dealkylation sites (tertiary alicyclic amines) is 1. The Morgan fingerprint density at radius 2 is 1.64 bits per heavy atom. The number of nitrogens with two attached hydrogens (primary N) is 1. The number of thiazole rings is 1. The van der Waals surface area contributed by atoms with E-state index in [1.165, 1.54) is 23.1 Å². The predicted molar refractivity (Wildman–Crippen MR) is 259 cm³/mol. The number of anilines is 2. The summed E-state index contributed by atoms with van der Waals surface area (Å²) in [6.45, 7) is 6.30. The van der Waals surface area contributed by atoms with Crippen LogP contribution < -0.4 is 27.0 Å². The summed E-state index contributed by atoms with van der Waals surface area (Å²) in [5.41, 5.74) is 10.1. The number of halogens is 3. The number of amides is 3. The number of carbonyl (C=O) groups excluding carboxylic acids is 3. The molecule has 16 nitrogen and oxygen atoms in total. The Labute approximate surface area is 409 Å². The molecule has 11 rings (SSSR count). The molecule has 69 heavy (non-hydrogen) atoms. The first-order valence-corrected chi connectivity index (χ1v) is 25.9. The number of nitrogens with one attached hydrogen (secondary N) is 2. The first kappa shape index (κ1) is 46.6. The molecule has 364 valence electrons. The number of fused-ring (bicyclic) bond motifs is 4. The Morgan fingerprint density at radius 1 is 0.884 bits per heavy atom. The van der Waals surface area contributed by atoms with E-state index in [-0.39, 0.29) is 60.6 Å². The summed E-state index contributed by atoms with van der Waals surface area (Å²) in [4.78, 5) is 67.8. The van der Waals surface area contributed by atoms with Gasteiger partial charge < -0.3 is 40.0 Å². The molecule has 4 saturated heterocycles. The fourth-order valence-electron chi connectivity index (χ4n) is 11.2. The quantitative estimate of drug-likeness (QED) is 0.0887. The van der Waals surface area contributed by atoms with Gasteiger partial charge in [-0.15, -0.1) is 11.8 Å². The maximum absolute atomic E-state index is 15.0. The van der Waals surface area contributed by atoms with Crippen LogP contribution in [0.1, 0.15) is 72.0 Å². The van der Waals surface area contributed by atoms with Gasteiger partial charge in [0, 0.05) is 77.4 Å². The molecule has 4 atom stereocenters. The maximum atomic E-state index is 15.0. The number of imide groups is 1. The van der Waals surface area contributed by atoms with Crippen LogP contribution in [-0.4, -0.2) is 138 Å². The van der Waals surface area contributed by atoms with E-state index < -0.39 is 23.6 Å². The van der Waals surface area contributed by atoms with Crippen molar-refractivity contribution >= 4 is 84.5 Å². The first-order valence-electron chi connectivity index (χ1n) is 23.7. The number of hydrogen-bond donors (Lipinski definition) is 3. The van der Waals surface area contributed by atoms with E-state index in [2.05, 4.69) is 25.4 Å². The van der Waals surface area contributed by atoms with Crippen LogP contribution in [-0.2, 0) is 30.3 Å². The van der Waals surface area contributed by atoms with Gasteiger partial charge in [-0.3, -0.25) is 24.3 Å². The molecule has 2 bridgehead atoms. The number of piperazine rings is 1. The van der Waals surface area contributed by atoms with Crippen LogP contribution >= 0.6 is 34.7 Å². The number of thioether (sulfide) groups is 1. The minimum absolute atomic E-state index is 0.0805. The standard InChI is InChI=1S/C48H52ClF2N9O7S2/c49-35-19-33-41-43(39(35)30-3-4-36(51)42-40(30)55-47(52)69-42)68-24-29(60(41)48(64)56-44(33)58-20-27-1-2-28(21-58)53-27)23-67-16-15-66-14-13-65-12-11-57-9-7-25(8-10-57)31-17-26(50)18-32-34(31)22-59(46(32)63)37-5-6-38(61)54-45(37)62/h3-4,17-19,25,27-29,37,53H,1-2,5-16,20-24H2,(H2,52,55)(H,54,61,62)/t27?,28?,29-,37?/m0/s1. The molecule has 2 aromatic heterocycles. The molecule has 0 aliphatic carbocycles. The Bertz CT molecular complexity index is 2920. The SMILES string of the molecule is Nc1nc2c(-c3c(Cl)cc4c(N5CC6CCC(C5)N6)nc(=O)n5c4c3SC[C@@H]5COCCOCCOCCN3CCC(c4cc(F)cc5c4CN(C4CCC(=O)NC4=O)C5=O)CC3)ccc(F)c2s1. The zero-order valence-corrected chi connectivity index (χ0v) is 40.2. The van der Waals surface area contributed by atoms with Crippen molar-refractivity contribution in [2.75, 3.05) is 88.8 Å². The molecule has 3 amide bonds. The third-order valence-electron chi connectivity index (χ3n) is 14.5. The Hall–Kier alpha value is -4.80. The van der Waals surface area contributed by atoms with E-state index in [9.17, 15) is 28.0 Å². The van der Waals surface area contributed by atoms with Crippen molar-refractivity contribution in [1.82, 2.24) is 35.0 Å². The fourth-order valence-corrected chi connectivity index (χ4v) is 13.6. The van der Waals surface area contributed by atoms with Crippen LogP contribution in [0, 0.1) is 11.6 Å². The lowest BCUT2D eigenvalue weighted by Crippen LogP contribution is -2.52. The highest BCUT2D eigenvalue weighted by Gasteiger charge is 2.42. The summed E-state index contributed by atoms with van der Waals surface area (Å²) < 4.78 is 49.8. The summed E-state index contributed by atoms with van der Waals surface area (Å²) >= 11 is 9.87. The molecular formula is C48H52ClF2N9O7S2. The minimum atomic E-state index is -0.745. The highest BCUT2D eigenvalue weighted by Crippen LogP contribution is 2.50. The highest BCUT2D eigenvalue weighted by atomic mass is 35.5. The fraction of sp³-hybridized carbons (Fsp3) is 0.500. The Morgan fingerprint density at radius 3 is 2.41 bits per heavy atom. The summed E-state index contributed by atoms with van der Waals surface area (Å²) in [5, 5.41) is 7.48. The molecule has 0 saturated carbocycles. The van der Waals surface area contributed by atoms with Crippen LogP contribution in [0.15, 0.2) is 40.0 Å². The first-order chi connectivity index (χ1) is 33.5. The van der Waals surface area contributed by atoms with Gasteiger partial charge in [-0.2, -0.15) is 4.98 Å². The number of hydrogen-bond acceptors (Lipinski definition) is 15. The molecule has 0 spiro atoms. The number of ether oxygens (including phenoxy) is 3. The van der Waals surface area contributed by atoms with E-state index in [0.717, 1.165) is 96.7 Å². The van der Waals surface area contributed by atoms with Crippen molar-refractivity contribution in [3.8, 4) is 11.1 Å². The van der Waals surface area contributed by atoms with E-state index in [0.29, 0.717) is 88.6 Å². The summed E-state index contributed by atoms with van der Waals surface area (Å²) in [6, 6.07) is 7.36. The summed E-state index contributed by atoms with van der Waals surface area (Å²) in [7, 11) is 0. The van der Waals surface area contributed by atoms with Crippen molar-refractivity contribution in [3.05, 3.63) is 74.2 Å². The smallest absolute Gasteiger partial charge is 0.350 e. The molecule has 4 fully saturated rings.